The minimum Gasteiger partial charge on any atom is -0.480 e. The molecule has 0 radical (unpaired) electrons. The van der Waals surface area contributed by atoms with Gasteiger partial charge in [0.15, 0.2) is 0 Å². The fraction of sp³-hybridized carbons (Fsp3) is 0.364. The molecular weight excluding hydrogens is 337 g/mol. The van der Waals surface area contributed by atoms with Crippen LogP contribution >= 0.6 is 15.9 Å². The molecule has 2 heterocycles. The molecule has 0 bridgehead atoms. The Bertz CT molecular complexity index is 514. The summed E-state index contributed by atoms with van der Waals surface area (Å²) in [6.07, 6.45) is -1.20. The Morgan fingerprint density at radius 2 is 2.15 bits per heavy atom. The molecule has 7 nitrogen and oxygen atoms in total. The van der Waals surface area contributed by atoms with Crippen LogP contribution in [0.5, 0.6) is 0 Å². The van der Waals surface area contributed by atoms with Crippen LogP contribution in [-0.4, -0.2) is 50.8 Å². The van der Waals surface area contributed by atoms with E-state index in [4.69, 9.17) is 10.2 Å². The molecule has 3 N–H and O–H groups in total. The third-order valence-electron chi connectivity index (χ3n) is 2.94. The van der Waals surface area contributed by atoms with Crippen LogP contribution in [0.3, 0.4) is 0 Å². The zero-order valence-electron chi connectivity index (χ0n) is 10.1. The molecule has 2 atom stereocenters. The first-order chi connectivity index (χ1) is 9.36. The van der Waals surface area contributed by atoms with Crippen LogP contribution < -0.4 is 5.32 Å². The number of carboxylic acids is 1. The molecule has 0 spiro atoms. The molecule has 1 aliphatic heterocycles. The molecule has 1 amide bonds. The van der Waals surface area contributed by atoms with Gasteiger partial charge in [-0.2, -0.15) is 0 Å². The van der Waals surface area contributed by atoms with E-state index in [2.05, 4.69) is 26.2 Å². The van der Waals surface area contributed by atoms with E-state index in [9.17, 15) is 14.0 Å². The molecule has 9 heteroatoms. The molecule has 1 aromatic rings. The first-order valence-electron chi connectivity index (χ1n) is 5.69. The van der Waals surface area contributed by atoms with Gasteiger partial charge in [-0.25, -0.2) is 19.0 Å². The first-order valence-corrected chi connectivity index (χ1v) is 6.48. The lowest BCUT2D eigenvalue weighted by atomic mass is 10.2. The number of anilines is 1. The Hall–Kier alpha value is -1.90. The lowest BCUT2D eigenvalue weighted by Crippen LogP contribution is -2.39. The van der Waals surface area contributed by atoms with Gasteiger partial charge in [0.1, 0.15) is 22.3 Å². The molecule has 0 unspecified atom stereocenters. The molecule has 0 saturated carbocycles. The topological polar surface area (TPSA) is 103 Å². The average molecular weight is 348 g/mol. The lowest BCUT2D eigenvalue weighted by molar-refractivity contribution is -0.141. The molecule has 1 aromatic heterocycles. The summed E-state index contributed by atoms with van der Waals surface area (Å²) in [4.78, 5) is 26.8. The number of aromatic nitrogens is 1. The highest BCUT2D eigenvalue weighted by Crippen LogP contribution is 2.22. The van der Waals surface area contributed by atoms with Crippen LogP contribution in [0.2, 0.25) is 0 Å². The number of hydrogen-bond donors (Lipinski definition) is 3. The van der Waals surface area contributed by atoms with Gasteiger partial charge >= 0.3 is 12.1 Å². The molecule has 1 fully saturated rings. The van der Waals surface area contributed by atoms with E-state index >= 15 is 0 Å². The van der Waals surface area contributed by atoms with Gasteiger partial charge in [-0.3, -0.25) is 4.90 Å². The van der Waals surface area contributed by atoms with Gasteiger partial charge < -0.3 is 15.5 Å². The second-order valence-corrected chi connectivity index (χ2v) is 5.17. The first kappa shape index (κ1) is 14.5. The predicted octanol–water partition coefficient (Wildman–Crippen LogP) is 1.60. The highest BCUT2D eigenvalue weighted by Gasteiger charge is 2.39. The number of aliphatic carboxylic acids is 1. The Kier molecular flexibility index (Phi) is 4.07. The van der Waals surface area contributed by atoms with Crippen molar-refractivity contribution in [2.24, 2.45) is 0 Å². The zero-order valence-corrected chi connectivity index (χ0v) is 11.7. The summed E-state index contributed by atoms with van der Waals surface area (Å²) in [6.45, 7) is 0.00210. The van der Waals surface area contributed by atoms with Gasteiger partial charge in [-0.1, -0.05) is 0 Å². The number of rotatable bonds is 3. The maximum absolute atomic E-state index is 13.2. The minimum absolute atomic E-state index is 0.00210. The van der Waals surface area contributed by atoms with E-state index in [1.807, 2.05) is 0 Å². The number of nitrogens with one attached hydrogen (secondary N) is 1. The van der Waals surface area contributed by atoms with Crippen molar-refractivity contribution in [3.8, 4) is 0 Å². The van der Waals surface area contributed by atoms with Gasteiger partial charge in [0, 0.05) is 31.1 Å². The minimum atomic E-state index is -1.30. The van der Waals surface area contributed by atoms with Crippen molar-refractivity contribution in [1.29, 1.82) is 0 Å². The van der Waals surface area contributed by atoms with Crippen molar-refractivity contribution < 1.29 is 24.2 Å². The zero-order chi connectivity index (χ0) is 14.9. The van der Waals surface area contributed by atoms with Crippen LogP contribution in [0, 0.1) is 5.82 Å². The van der Waals surface area contributed by atoms with E-state index in [-0.39, 0.29) is 18.8 Å². The number of carbonyl (C=O) groups is 2. The Morgan fingerprint density at radius 3 is 2.65 bits per heavy atom. The van der Waals surface area contributed by atoms with E-state index < -0.39 is 30.0 Å². The molecule has 0 aromatic carbocycles. The van der Waals surface area contributed by atoms with Crippen LogP contribution in [0.4, 0.5) is 15.0 Å². The van der Waals surface area contributed by atoms with Crippen LogP contribution in [0.25, 0.3) is 0 Å². The number of amides is 1. The van der Waals surface area contributed by atoms with E-state index in [1.165, 1.54) is 6.07 Å². The van der Waals surface area contributed by atoms with Crippen molar-refractivity contribution in [2.45, 2.75) is 18.5 Å². The number of halogens is 2. The number of nitrogens with zero attached hydrogens (tertiary/aromatic N) is 2. The van der Waals surface area contributed by atoms with E-state index in [0.717, 1.165) is 11.0 Å². The maximum Gasteiger partial charge on any atom is 0.408 e. The second-order valence-electron chi connectivity index (χ2n) is 4.36. The summed E-state index contributed by atoms with van der Waals surface area (Å²) < 4.78 is 13.5. The van der Waals surface area contributed by atoms with E-state index in [0.29, 0.717) is 4.60 Å². The fourth-order valence-corrected chi connectivity index (χ4v) is 2.54. The smallest absolute Gasteiger partial charge is 0.408 e. The van der Waals surface area contributed by atoms with Gasteiger partial charge in [0.05, 0.1) is 0 Å². The number of likely N-dealkylation sites (tertiary alicyclic amines) is 1. The van der Waals surface area contributed by atoms with Crippen molar-refractivity contribution in [1.82, 2.24) is 9.88 Å². The quantitative estimate of drug-likeness (QED) is 0.717. The summed E-state index contributed by atoms with van der Waals surface area (Å²) in [7, 11) is 0. The standard InChI is InChI=1S/C11H11BrFN3O4/c12-8-1-5(13)2-9(15-8)14-6-3-7(10(17)18)16(4-6)11(19)20/h1-2,6-7H,3-4H2,(H,14,15)(H,17,18)(H,19,20)/t6-,7-/m0/s1. The Morgan fingerprint density at radius 1 is 1.45 bits per heavy atom. The van der Waals surface area contributed by atoms with Crippen molar-refractivity contribution in [3.05, 3.63) is 22.6 Å². The third-order valence-corrected chi connectivity index (χ3v) is 3.35. The molecule has 108 valence electrons. The predicted molar refractivity (Wildman–Crippen MR) is 70.1 cm³/mol. The Balaban J connectivity index is 2.11. The summed E-state index contributed by atoms with van der Waals surface area (Å²) in [5, 5.41) is 20.8. The van der Waals surface area contributed by atoms with E-state index in [1.54, 1.807) is 0 Å². The largest absolute Gasteiger partial charge is 0.480 e. The lowest BCUT2D eigenvalue weighted by Gasteiger charge is -2.16. The molecule has 20 heavy (non-hydrogen) atoms. The maximum atomic E-state index is 13.2. The van der Waals surface area contributed by atoms with Gasteiger partial charge in [-0.15, -0.1) is 0 Å². The van der Waals surface area contributed by atoms with Crippen LogP contribution in [0.15, 0.2) is 16.7 Å². The van der Waals surface area contributed by atoms with Crippen LogP contribution in [-0.2, 0) is 4.79 Å². The SMILES string of the molecule is O=C(O)[C@@H]1C[C@H](Nc2cc(F)cc(Br)n2)CN1C(=O)O. The normalized spacial score (nSPS) is 21.8. The molecular formula is C11H11BrFN3O4. The highest BCUT2D eigenvalue weighted by atomic mass is 79.9. The monoisotopic (exact) mass is 347 g/mol. The van der Waals surface area contributed by atoms with Crippen molar-refractivity contribution in [2.75, 3.05) is 11.9 Å². The average Bonchev–Trinajstić information content (AvgIpc) is 2.71. The van der Waals surface area contributed by atoms with Gasteiger partial charge in [0.2, 0.25) is 0 Å². The molecule has 1 saturated heterocycles. The van der Waals surface area contributed by atoms with Crippen molar-refractivity contribution >= 4 is 33.8 Å². The third kappa shape index (κ3) is 3.16. The fourth-order valence-electron chi connectivity index (χ4n) is 2.13. The molecule has 2 rings (SSSR count). The number of hydrogen-bond acceptors (Lipinski definition) is 4. The molecule has 1 aliphatic rings. The summed E-state index contributed by atoms with van der Waals surface area (Å²) >= 11 is 3.04. The molecule has 0 aliphatic carbocycles. The number of pyridine rings is 1. The second kappa shape index (κ2) is 5.61. The van der Waals surface area contributed by atoms with Gasteiger partial charge in [-0.05, 0) is 15.9 Å². The Labute approximate surface area is 121 Å². The van der Waals surface area contributed by atoms with Crippen molar-refractivity contribution in [3.63, 3.8) is 0 Å². The highest BCUT2D eigenvalue weighted by molar-refractivity contribution is 9.10. The van der Waals surface area contributed by atoms with Crippen LogP contribution in [0.1, 0.15) is 6.42 Å². The summed E-state index contributed by atoms with van der Waals surface area (Å²) in [5.74, 6) is -1.49. The number of carboxylic acid groups (broad SMARTS) is 2. The van der Waals surface area contributed by atoms with Gasteiger partial charge in [0.25, 0.3) is 0 Å². The summed E-state index contributed by atoms with van der Waals surface area (Å²) in [5.41, 5.74) is 0. The summed E-state index contributed by atoms with van der Waals surface area (Å²) in [6, 6.07) is 0.795.